The molecule has 0 amide bonds. The van der Waals surface area contributed by atoms with Gasteiger partial charge in [0.2, 0.25) is 0 Å². The normalized spacial score (nSPS) is 18.0. The molecule has 0 saturated carbocycles. The van der Waals surface area contributed by atoms with Gasteiger partial charge < -0.3 is 10.6 Å². The Morgan fingerprint density at radius 3 is 2.76 bits per heavy atom. The van der Waals surface area contributed by atoms with Gasteiger partial charge in [-0.05, 0) is 25.2 Å². The highest BCUT2D eigenvalue weighted by Crippen LogP contribution is 2.20. The van der Waals surface area contributed by atoms with Crippen molar-refractivity contribution in [2.75, 3.05) is 46.8 Å². The topological polar surface area (TPSA) is 70.6 Å². The van der Waals surface area contributed by atoms with Crippen molar-refractivity contribution < 1.29 is 0 Å². The van der Waals surface area contributed by atoms with Gasteiger partial charge in [-0.2, -0.15) is 0 Å². The molecule has 2 aromatic heterocycles. The Bertz CT molecular complexity index is 808. The standard InChI is InChI=1S/C18H23ClN6/c1-21-11-14(15(20)12-25-7-5-24(2)6-8-25)13-9-17-16(22-10-13)3-4-18(19)23-17/h3-4,9-11H,5-8,12,20H2,1-2H3. The second kappa shape index (κ2) is 7.91. The number of likely N-dealkylation sites (N-methyl/N-ethyl adjacent to an activating group) is 1. The van der Waals surface area contributed by atoms with E-state index in [0.29, 0.717) is 5.15 Å². The van der Waals surface area contributed by atoms with E-state index in [1.807, 2.05) is 18.3 Å². The van der Waals surface area contributed by atoms with Crippen LogP contribution in [0.15, 0.2) is 35.1 Å². The van der Waals surface area contributed by atoms with Crippen LogP contribution in [0, 0.1) is 0 Å². The van der Waals surface area contributed by atoms with E-state index in [4.69, 9.17) is 17.3 Å². The van der Waals surface area contributed by atoms with Crippen molar-refractivity contribution in [3.63, 3.8) is 0 Å². The first-order valence-corrected chi connectivity index (χ1v) is 8.69. The van der Waals surface area contributed by atoms with Crippen LogP contribution < -0.4 is 5.73 Å². The molecule has 6 nitrogen and oxygen atoms in total. The Morgan fingerprint density at radius 1 is 1.28 bits per heavy atom. The first kappa shape index (κ1) is 17.8. The summed E-state index contributed by atoms with van der Waals surface area (Å²) in [6.07, 6.45) is 3.60. The summed E-state index contributed by atoms with van der Waals surface area (Å²) in [4.78, 5) is 17.7. The molecule has 0 atom stereocenters. The summed E-state index contributed by atoms with van der Waals surface area (Å²) in [6, 6.07) is 5.56. The second-order valence-electron chi connectivity index (χ2n) is 6.30. The molecule has 0 bridgehead atoms. The highest BCUT2D eigenvalue weighted by molar-refractivity contribution is 6.29. The third-order valence-electron chi connectivity index (χ3n) is 4.41. The van der Waals surface area contributed by atoms with Gasteiger partial charge in [-0.15, -0.1) is 0 Å². The average molecular weight is 359 g/mol. The molecule has 0 aliphatic carbocycles. The van der Waals surface area contributed by atoms with Crippen molar-refractivity contribution in [1.29, 1.82) is 0 Å². The third-order valence-corrected chi connectivity index (χ3v) is 4.62. The molecule has 1 aliphatic heterocycles. The second-order valence-corrected chi connectivity index (χ2v) is 6.69. The largest absolute Gasteiger partial charge is 0.400 e. The van der Waals surface area contributed by atoms with Crippen LogP contribution in [0.2, 0.25) is 5.15 Å². The van der Waals surface area contributed by atoms with E-state index >= 15 is 0 Å². The number of rotatable bonds is 4. The van der Waals surface area contributed by atoms with E-state index in [9.17, 15) is 0 Å². The number of halogens is 1. The molecule has 0 spiro atoms. The molecule has 3 rings (SSSR count). The smallest absolute Gasteiger partial charge is 0.129 e. The van der Waals surface area contributed by atoms with Crippen LogP contribution in [0.1, 0.15) is 5.56 Å². The van der Waals surface area contributed by atoms with Crippen LogP contribution in [0.3, 0.4) is 0 Å². The van der Waals surface area contributed by atoms with Crippen molar-refractivity contribution in [2.45, 2.75) is 0 Å². The first-order valence-electron chi connectivity index (χ1n) is 8.31. The molecular weight excluding hydrogens is 336 g/mol. The summed E-state index contributed by atoms with van der Waals surface area (Å²) in [5.41, 5.74) is 10.6. The fraction of sp³-hybridized carbons (Fsp3) is 0.389. The summed E-state index contributed by atoms with van der Waals surface area (Å²) in [6.45, 7) is 4.87. The molecule has 25 heavy (non-hydrogen) atoms. The van der Waals surface area contributed by atoms with E-state index < -0.39 is 0 Å². The number of nitrogens with zero attached hydrogens (tertiary/aromatic N) is 5. The molecule has 2 N–H and O–H groups in total. The number of fused-ring (bicyclic) bond motifs is 1. The molecule has 132 valence electrons. The van der Waals surface area contributed by atoms with Crippen molar-refractivity contribution >= 4 is 34.4 Å². The van der Waals surface area contributed by atoms with Crippen LogP contribution in [0.4, 0.5) is 0 Å². The maximum absolute atomic E-state index is 6.43. The van der Waals surface area contributed by atoms with E-state index in [1.54, 1.807) is 19.3 Å². The zero-order valence-corrected chi connectivity index (χ0v) is 15.4. The van der Waals surface area contributed by atoms with Gasteiger partial charge in [0.15, 0.2) is 0 Å². The minimum Gasteiger partial charge on any atom is -0.400 e. The molecule has 0 unspecified atom stereocenters. The number of pyridine rings is 2. The van der Waals surface area contributed by atoms with E-state index in [-0.39, 0.29) is 0 Å². The van der Waals surface area contributed by atoms with Crippen molar-refractivity contribution in [1.82, 2.24) is 19.8 Å². The monoisotopic (exact) mass is 358 g/mol. The summed E-state index contributed by atoms with van der Waals surface area (Å²) in [7, 11) is 3.89. The summed E-state index contributed by atoms with van der Waals surface area (Å²) < 4.78 is 0. The molecule has 1 saturated heterocycles. The lowest BCUT2D eigenvalue weighted by Crippen LogP contribution is -2.45. The molecule has 0 aromatic carbocycles. The molecule has 0 radical (unpaired) electrons. The van der Waals surface area contributed by atoms with Gasteiger partial charge in [0, 0.05) is 69.0 Å². The number of piperazine rings is 1. The lowest BCUT2D eigenvalue weighted by Gasteiger charge is -2.32. The number of aliphatic imine (C=N–C) groups is 1. The average Bonchev–Trinajstić information content (AvgIpc) is 2.61. The SMILES string of the molecule is CN=CC(=C(N)CN1CCN(C)CC1)c1cnc2ccc(Cl)nc2c1. The van der Waals surface area contributed by atoms with Gasteiger partial charge in [0.25, 0.3) is 0 Å². The fourth-order valence-corrected chi connectivity index (χ4v) is 3.09. The number of aromatic nitrogens is 2. The van der Waals surface area contributed by atoms with Gasteiger partial charge in [0.05, 0.1) is 11.0 Å². The lowest BCUT2D eigenvalue weighted by atomic mass is 10.1. The first-order chi connectivity index (χ1) is 12.1. The molecular formula is C18H23ClN6. The zero-order valence-electron chi connectivity index (χ0n) is 14.6. The Labute approximate surface area is 153 Å². The van der Waals surface area contributed by atoms with Gasteiger partial charge in [-0.3, -0.25) is 14.9 Å². The fourth-order valence-electron chi connectivity index (χ4n) is 2.93. The number of nitrogens with two attached hydrogens (primary N) is 1. The Morgan fingerprint density at radius 2 is 2.04 bits per heavy atom. The molecule has 1 aliphatic rings. The van der Waals surface area contributed by atoms with Crippen molar-refractivity contribution in [3.05, 3.63) is 40.8 Å². The predicted octanol–water partition coefficient (Wildman–Crippen LogP) is 1.90. The van der Waals surface area contributed by atoms with Crippen LogP contribution in [-0.2, 0) is 0 Å². The Kier molecular flexibility index (Phi) is 5.63. The predicted molar refractivity (Wildman–Crippen MR) is 104 cm³/mol. The van der Waals surface area contributed by atoms with Crippen LogP contribution >= 0.6 is 11.6 Å². The Hall–Kier alpha value is -2.02. The molecule has 2 aromatic rings. The number of allylic oxidation sites excluding steroid dienone is 1. The molecule has 7 heteroatoms. The van der Waals surface area contributed by atoms with Crippen molar-refractivity contribution in [3.8, 4) is 0 Å². The lowest BCUT2D eigenvalue weighted by molar-refractivity contribution is 0.164. The Balaban J connectivity index is 1.91. The summed E-state index contributed by atoms with van der Waals surface area (Å²) >= 11 is 6.00. The van der Waals surface area contributed by atoms with Crippen molar-refractivity contribution in [2.24, 2.45) is 10.7 Å². The zero-order chi connectivity index (χ0) is 17.8. The molecule has 3 heterocycles. The highest BCUT2D eigenvalue weighted by atomic mass is 35.5. The van der Waals surface area contributed by atoms with Gasteiger partial charge >= 0.3 is 0 Å². The number of hydrogen-bond acceptors (Lipinski definition) is 6. The number of hydrogen-bond donors (Lipinski definition) is 1. The van der Waals surface area contributed by atoms with Crippen LogP contribution in [0.5, 0.6) is 0 Å². The minimum atomic E-state index is 0.451. The van der Waals surface area contributed by atoms with Gasteiger partial charge in [-0.1, -0.05) is 11.6 Å². The minimum absolute atomic E-state index is 0.451. The van der Waals surface area contributed by atoms with Crippen LogP contribution in [0.25, 0.3) is 16.6 Å². The molecule has 1 fully saturated rings. The quantitative estimate of drug-likeness (QED) is 0.667. The summed E-state index contributed by atoms with van der Waals surface area (Å²) in [5.74, 6) is 0. The van der Waals surface area contributed by atoms with Crippen LogP contribution in [-0.4, -0.2) is 72.8 Å². The maximum atomic E-state index is 6.43. The van der Waals surface area contributed by atoms with E-state index in [2.05, 4.69) is 31.8 Å². The van der Waals surface area contributed by atoms with E-state index in [0.717, 1.165) is 60.6 Å². The van der Waals surface area contributed by atoms with Gasteiger partial charge in [0.1, 0.15) is 5.15 Å². The summed E-state index contributed by atoms with van der Waals surface area (Å²) in [5, 5.41) is 0.451. The third kappa shape index (κ3) is 4.34. The van der Waals surface area contributed by atoms with E-state index in [1.165, 1.54) is 0 Å². The van der Waals surface area contributed by atoms with Gasteiger partial charge in [-0.25, -0.2) is 4.98 Å². The maximum Gasteiger partial charge on any atom is 0.129 e. The highest BCUT2D eigenvalue weighted by Gasteiger charge is 2.16.